The predicted molar refractivity (Wildman–Crippen MR) is 110 cm³/mol. The van der Waals surface area contributed by atoms with Gasteiger partial charge in [0.15, 0.2) is 0 Å². The molecule has 10 heteroatoms. The largest absolute Gasteiger partial charge is 0.352 e. The van der Waals surface area contributed by atoms with E-state index < -0.39 is 33.4 Å². The normalized spacial score (nSPS) is 18.7. The van der Waals surface area contributed by atoms with Crippen LogP contribution in [-0.4, -0.2) is 38.2 Å². The molecule has 1 fully saturated rings. The summed E-state index contributed by atoms with van der Waals surface area (Å²) in [5.41, 5.74) is 2.09. The van der Waals surface area contributed by atoms with Crippen LogP contribution in [0, 0.1) is 17.5 Å². The minimum atomic E-state index is -3.47. The van der Waals surface area contributed by atoms with E-state index in [4.69, 9.17) is 0 Å². The van der Waals surface area contributed by atoms with Gasteiger partial charge in [-0.3, -0.25) is 4.79 Å². The first-order valence-corrected chi connectivity index (χ1v) is 11.5. The SMILES string of the molecule is CS(=O)(=O)NCC(=O)NC1CC(c2c(-c3ccc(F)cc3)[nH]c3c(F)cc(F)cc23)C1. The lowest BCUT2D eigenvalue weighted by molar-refractivity contribution is -0.121. The summed E-state index contributed by atoms with van der Waals surface area (Å²) >= 11 is 0. The van der Waals surface area contributed by atoms with Crippen molar-refractivity contribution in [2.24, 2.45) is 0 Å². The number of aromatic nitrogens is 1. The van der Waals surface area contributed by atoms with E-state index in [1.165, 1.54) is 18.2 Å². The van der Waals surface area contributed by atoms with E-state index in [9.17, 15) is 26.4 Å². The molecule has 1 aromatic heterocycles. The van der Waals surface area contributed by atoms with E-state index in [1.807, 2.05) is 0 Å². The number of sulfonamides is 1. The first-order valence-electron chi connectivity index (χ1n) is 9.61. The lowest BCUT2D eigenvalue weighted by atomic mass is 9.74. The highest BCUT2D eigenvalue weighted by Crippen LogP contribution is 2.45. The maximum Gasteiger partial charge on any atom is 0.235 e. The Morgan fingerprint density at radius 2 is 1.77 bits per heavy atom. The van der Waals surface area contributed by atoms with Gasteiger partial charge >= 0.3 is 0 Å². The second-order valence-electron chi connectivity index (χ2n) is 7.76. The van der Waals surface area contributed by atoms with E-state index in [-0.39, 0.29) is 24.0 Å². The van der Waals surface area contributed by atoms with Gasteiger partial charge in [-0.25, -0.2) is 26.3 Å². The van der Waals surface area contributed by atoms with Crippen LogP contribution < -0.4 is 10.0 Å². The number of benzene rings is 2. The summed E-state index contributed by atoms with van der Waals surface area (Å²) in [5.74, 6) is -2.38. The van der Waals surface area contributed by atoms with E-state index >= 15 is 0 Å². The molecule has 0 spiro atoms. The summed E-state index contributed by atoms with van der Waals surface area (Å²) in [5, 5.41) is 3.15. The Bertz CT molecular complexity index is 1250. The number of fused-ring (bicyclic) bond motifs is 1. The minimum absolute atomic E-state index is 0.0943. The van der Waals surface area contributed by atoms with Gasteiger partial charge < -0.3 is 10.3 Å². The van der Waals surface area contributed by atoms with E-state index in [1.54, 1.807) is 12.1 Å². The standard InChI is InChI=1S/C21H20F3N3O3S/c1-31(29,30)25-10-18(28)26-15-6-12(7-15)19-16-8-14(23)9-17(24)21(16)27-20(19)11-2-4-13(22)5-3-11/h2-5,8-9,12,15,25,27H,6-7,10H2,1H3,(H,26,28). The van der Waals surface area contributed by atoms with Crippen molar-refractivity contribution in [2.75, 3.05) is 12.8 Å². The third-order valence-electron chi connectivity index (χ3n) is 5.40. The molecule has 1 amide bonds. The van der Waals surface area contributed by atoms with Crippen molar-refractivity contribution in [1.82, 2.24) is 15.0 Å². The molecule has 0 saturated heterocycles. The van der Waals surface area contributed by atoms with Crippen LogP contribution in [0.5, 0.6) is 0 Å². The molecule has 4 rings (SSSR count). The fourth-order valence-electron chi connectivity index (χ4n) is 3.96. The molecule has 1 aliphatic rings. The smallest absolute Gasteiger partial charge is 0.235 e. The summed E-state index contributed by atoms with van der Waals surface area (Å²) in [6, 6.07) is 7.58. The highest BCUT2D eigenvalue weighted by atomic mass is 32.2. The molecule has 2 aromatic carbocycles. The average molecular weight is 451 g/mol. The molecule has 1 saturated carbocycles. The molecule has 164 valence electrons. The van der Waals surface area contributed by atoms with Gasteiger partial charge in [0, 0.05) is 17.5 Å². The molecule has 0 radical (unpaired) electrons. The van der Waals surface area contributed by atoms with Gasteiger partial charge in [-0.1, -0.05) is 0 Å². The molecule has 0 aliphatic heterocycles. The van der Waals surface area contributed by atoms with Crippen molar-refractivity contribution >= 4 is 26.8 Å². The first-order chi connectivity index (χ1) is 14.6. The average Bonchev–Trinajstić information content (AvgIpc) is 3.02. The number of hydrogen-bond donors (Lipinski definition) is 3. The van der Waals surface area contributed by atoms with Crippen molar-refractivity contribution in [3.8, 4) is 11.3 Å². The fourth-order valence-corrected chi connectivity index (χ4v) is 4.35. The topological polar surface area (TPSA) is 91.1 Å². The van der Waals surface area contributed by atoms with Crippen molar-refractivity contribution in [3.05, 3.63) is 59.4 Å². The van der Waals surface area contributed by atoms with E-state index in [0.717, 1.165) is 12.3 Å². The van der Waals surface area contributed by atoms with Crippen LogP contribution in [0.25, 0.3) is 22.2 Å². The number of aromatic amines is 1. The Hall–Kier alpha value is -2.85. The third-order valence-corrected chi connectivity index (χ3v) is 6.07. The molecular formula is C21H20F3N3O3S. The highest BCUT2D eigenvalue weighted by Gasteiger charge is 2.35. The van der Waals surface area contributed by atoms with Gasteiger partial charge in [0.2, 0.25) is 15.9 Å². The van der Waals surface area contributed by atoms with Crippen molar-refractivity contribution in [1.29, 1.82) is 0 Å². The third kappa shape index (κ3) is 4.59. The van der Waals surface area contributed by atoms with Crippen LogP contribution >= 0.6 is 0 Å². The van der Waals surface area contributed by atoms with E-state index in [2.05, 4.69) is 15.0 Å². The molecule has 1 aliphatic carbocycles. The van der Waals surface area contributed by atoms with Gasteiger partial charge in [-0.2, -0.15) is 0 Å². The number of nitrogens with one attached hydrogen (secondary N) is 3. The quantitative estimate of drug-likeness (QED) is 0.538. The summed E-state index contributed by atoms with van der Waals surface area (Å²) < 4.78 is 66.0. The number of carbonyl (C=O) groups is 1. The van der Waals surface area contributed by atoms with Crippen molar-refractivity contribution in [2.45, 2.75) is 24.8 Å². The van der Waals surface area contributed by atoms with Crippen molar-refractivity contribution in [3.63, 3.8) is 0 Å². The van der Waals surface area contributed by atoms with Crippen LogP contribution in [0.15, 0.2) is 36.4 Å². The maximum absolute atomic E-state index is 14.4. The Labute approximate surface area is 176 Å². The molecule has 6 nitrogen and oxygen atoms in total. The highest BCUT2D eigenvalue weighted by molar-refractivity contribution is 7.88. The number of carbonyl (C=O) groups excluding carboxylic acids is 1. The van der Waals surface area contributed by atoms with E-state index in [0.29, 0.717) is 35.0 Å². The van der Waals surface area contributed by atoms with Crippen LogP contribution in [0.3, 0.4) is 0 Å². The van der Waals surface area contributed by atoms with Crippen molar-refractivity contribution < 1.29 is 26.4 Å². The number of hydrogen-bond acceptors (Lipinski definition) is 3. The minimum Gasteiger partial charge on any atom is -0.352 e. The lowest BCUT2D eigenvalue weighted by Gasteiger charge is -2.36. The molecule has 0 atom stereocenters. The Kier molecular flexibility index (Phi) is 5.52. The predicted octanol–water partition coefficient (Wildman–Crippen LogP) is 3.16. The van der Waals surface area contributed by atoms with Crippen LogP contribution in [0.2, 0.25) is 0 Å². The summed E-state index contributed by atoms with van der Waals surface area (Å²) in [4.78, 5) is 14.9. The zero-order chi connectivity index (χ0) is 22.3. The molecule has 1 heterocycles. The zero-order valence-corrected chi connectivity index (χ0v) is 17.3. The monoisotopic (exact) mass is 451 g/mol. The lowest BCUT2D eigenvalue weighted by Crippen LogP contribution is -2.47. The molecule has 3 N–H and O–H groups in total. The van der Waals surface area contributed by atoms with Crippen LogP contribution in [-0.2, 0) is 14.8 Å². The summed E-state index contributed by atoms with van der Waals surface area (Å²) in [6.45, 7) is -0.357. The summed E-state index contributed by atoms with van der Waals surface area (Å²) in [6.07, 6.45) is 2.00. The fraction of sp³-hybridized carbons (Fsp3) is 0.286. The molecule has 0 bridgehead atoms. The molecular weight excluding hydrogens is 431 g/mol. The number of H-pyrrole nitrogens is 1. The van der Waals surface area contributed by atoms with Gasteiger partial charge in [-0.05, 0) is 60.2 Å². The van der Waals surface area contributed by atoms with Crippen LogP contribution in [0.1, 0.15) is 24.3 Å². The second-order valence-corrected chi connectivity index (χ2v) is 9.59. The number of rotatable bonds is 6. The molecule has 3 aromatic rings. The number of halogens is 3. The Morgan fingerprint density at radius 3 is 2.42 bits per heavy atom. The van der Waals surface area contributed by atoms with Gasteiger partial charge in [0.1, 0.15) is 17.5 Å². The van der Waals surface area contributed by atoms with Gasteiger partial charge in [-0.15, -0.1) is 0 Å². The van der Waals surface area contributed by atoms with Gasteiger partial charge in [0.05, 0.1) is 24.0 Å². The van der Waals surface area contributed by atoms with Gasteiger partial charge in [0.25, 0.3) is 0 Å². The maximum atomic E-state index is 14.4. The first kappa shape index (κ1) is 21.4. The number of amides is 1. The zero-order valence-electron chi connectivity index (χ0n) is 16.5. The Balaban J connectivity index is 1.59. The molecule has 31 heavy (non-hydrogen) atoms. The summed E-state index contributed by atoms with van der Waals surface area (Å²) in [7, 11) is -3.47. The molecule has 0 unspecified atom stereocenters. The van der Waals surface area contributed by atoms with Crippen LogP contribution in [0.4, 0.5) is 13.2 Å². The Morgan fingerprint density at radius 1 is 1.10 bits per heavy atom. The second kappa shape index (κ2) is 8.01.